The van der Waals surface area contributed by atoms with Gasteiger partial charge in [0.05, 0.1) is 6.07 Å². The molecular weight excluding hydrogens is 212 g/mol. The predicted octanol–water partition coefficient (Wildman–Crippen LogP) is 2.51. The number of nitrogens with one attached hydrogen (secondary N) is 1. The van der Waals surface area contributed by atoms with Gasteiger partial charge in [-0.05, 0) is 16.5 Å². The third kappa shape index (κ3) is 4.28. The number of benzene rings is 1. The van der Waals surface area contributed by atoms with Crippen molar-refractivity contribution >= 4 is 5.91 Å². The highest BCUT2D eigenvalue weighted by Crippen LogP contribution is 2.22. The van der Waals surface area contributed by atoms with Crippen molar-refractivity contribution in [1.29, 1.82) is 5.26 Å². The summed E-state index contributed by atoms with van der Waals surface area (Å²) in [6, 6.07) is 9.99. The summed E-state index contributed by atoms with van der Waals surface area (Å²) >= 11 is 0. The molecule has 0 saturated carbocycles. The largest absolute Gasteiger partial charge is 0.351 e. The molecule has 1 aromatic carbocycles. The predicted molar refractivity (Wildman–Crippen MR) is 67.2 cm³/mol. The monoisotopic (exact) mass is 230 g/mol. The van der Waals surface area contributed by atoms with Gasteiger partial charge in [0.25, 0.3) is 0 Å². The Morgan fingerprint density at radius 1 is 1.29 bits per heavy atom. The maximum absolute atomic E-state index is 11.1. The molecule has 17 heavy (non-hydrogen) atoms. The van der Waals surface area contributed by atoms with Crippen LogP contribution >= 0.6 is 0 Å². The Morgan fingerprint density at radius 2 is 1.88 bits per heavy atom. The van der Waals surface area contributed by atoms with Gasteiger partial charge in [-0.2, -0.15) is 5.26 Å². The molecule has 90 valence electrons. The minimum absolute atomic E-state index is 0.0833. The van der Waals surface area contributed by atoms with Crippen LogP contribution in [-0.2, 0) is 16.8 Å². The highest BCUT2D eigenvalue weighted by Gasteiger charge is 2.12. The fourth-order valence-electron chi connectivity index (χ4n) is 1.46. The normalized spacial score (nSPS) is 10.7. The Kier molecular flexibility index (Phi) is 4.28. The van der Waals surface area contributed by atoms with Gasteiger partial charge < -0.3 is 5.32 Å². The Hall–Kier alpha value is -1.82. The molecule has 0 aliphatic heterocycles. The molecule has 1 rings (SSSR count). The third-order valence-electron chi connectivity index (χ3n) is 2.55. The summed E-state index contributed by atoms with van der Waals surface area (Å²) in [4.78, 5) is 11.1. The molecule has 1 amide bonds. The molecule has 1 aromatic rings. The van der Waals surface area contributed by atoms with Crippen LogP contribution in [0.5, 0.6) is 0 Å². The van der Waals surface area contributed by atoms with Gasteiger partial charge in [-0.3, -0.25) is 4.79 Å². The molecule has 0 fully saturated rings. The summed E-state index contributed by atoms with van der Waals surface area (Å²) in [7, 11) is 0. The first-order valence-corrected chi connectivity index (χ1v) is 5.66. The molecule has 0 heterocycles. The molecular formula is C14H18N2O. The second kappa shape index (κ2) is 5.49. The Balaban J connectivity index is 2.58. The smallest absolute Gasteiger partial charge is 0.234 e. The molecule has 1 N–H and O–H groups in total. The summed E-state index contributed by atoms with van der Waals surface area (Å²) in [5.41, 5.74) is 2.46. The summed E-state index contributed by atoms with van der Waals surface area (Å²) in [5, 5.41) is 11.0. The van der Waals surface area contributed by atoms with Gasteiger partial charge in [-0.15, -0.1) is 0 Å². The lowest BCUT2D eigenvalue weighted by Gasteiger charge is -2.19. The molecule has 3 nitrogen and oxygen atoms in total. The number of hydrogen-bond donors (Lipinski definition) is 1. The van der Waals surface area contributed by atoms with Crippen LogP contribution in [0.15, 0.2) is 24.3 Å². The van der Waals surface area contributed by atoms with E-state index >= 15 is 0 Å². The van der Waals surface area contributed by atoms with Crippen molar-refractivity contribution in [2.75, 3.05) is 0 Å². The van der Waals surface area contributed by atoms with E-state index in [0.29, 0.717) is 6.54 Å². The van der Waals surface area contributed by atoms with E-state index in [1.54, 1.807) is 0 Å². The SMILES string of the molecule is CC(C)(C)c1ccc(CNC(=O)CC#N)cc1. The number of rotatable bonds is 3. The zero-order valence-corrected chi connectivity index (χ0v) is 10.6. The summed E-state index contributed by atoms with van der Waals surface area (Å²) < 4.78 is 0. The van der Waals surface area contributed by atoms with Gasteiger partial charge in [0.15, 0.2) is 0 Å². The van der Waals surface area contributed by atoms with E-state index in [1.807, 2.05) is 18.2 Å². The zero-order valence-electron chi connectivity index (χ0n) is 10.6. The molecule has 0 spiro atoms. The van der Waals surface area contributed by atoms with Crippen LogP contribution in [0.25, 0.3) is 0 Å². The van der Waals surface area contributed by atoms with Crippen LogP contribution in [0.2, 0.25) is 0 Å². The molecule has 0 saturated heterocycles. The van der Waals surface area contributed by atoms with Crippen molar-refractivity contribution in [3.8, 4) is 6.07 Å². The van der Waals surface area contributed by atoms with E-state index in [-0.39, 0.29) is 17.7 Å². The Labute approximate surface area is 102 Å². The van der Waals surface area contributed by atoms with E-state index in [1.165, 1.54) is 5.56 Å². The molecule has 0 radical (unpaired) electrons. The summed E-state index contributed by atoms with van der Waals surface area (Å²) in [6.07, 6.45) is -0.0833. The van der Waals surface area contributed by atoms with Gasteiger partial charge >= 0.3 is 0 Å². The van der Waals surface area contributed by atoms with E-state index in [4.69, 9.17) is 5.26 Å². The number of amides is 1. The molecule has 0 aliphatic carbocycles. The van der Waals surface area contributed by atoms with Crippen LogP contribution < -0.4 is 5.32 Å². The number of hydrogen-bond acceptors (Lipinski definition) is 2. The summed E-state index contributed by atoms with van der Waals surface area (Å²) in [5.74, 6) is -0.229. The fraction of sp³-hybridized carbons (Fsp3) is 0.429. The van der Waals surface area contributed by atoms with Gasteiger partial charge in [0.2, 0.25) is 5.91 Å². The second-order valence-electron chi connectivity index (χ2n) is 5.06. The molecule has 0 atom stereocenters. The highest BCUT2D eigenvalue weighted by molar-refractivity contribution is 5.77. The Morgan fingerprint density at radius 3 is 2.35 bits per heavy atom. The van der Waals surface area contributed by atoms with Crippen molar-refractivity contribution in [3.63, 3.8) is 0 Å². The van der Waals surface area contributed by atoms with E-state index in [9.17, 15) is 4.79 Å². The molecule has 0 aromatic heterocycles. The molecule has 0 aliphatic rings. The van der Waals surface area contributed by atoms with Crippen molar-refractivity contribution in [2.45, 2.75) is 39.2 Å². The standard InChI is InChI=1S/C14H18N2O/c1-14(2,3)12-6-4-11(5-7-12)10-16-13(17)8-9-15/h4-7H,8,10H2,1-3H3,(H,16,17). The van der Waals surface area contributed by atoms with Gasteiger partial charge in [-0.25, -0.2) is 0 Å². The Bertz CT molecular complexity index is 421. The third-order valence-corrected chi connectivity index (χ3v) is 2.55. The maximum Gasteiger partial charge on any atom is 0.234 e. The lowest BCUT2D eigenvalue weighted by atomic mass is 9.87. The van der Waals surface area contributed by atoms with Crippen LogP contribution in [0.1, 0.15) is 38.3 Å². The van der Waals surface area contributed by atoms with E-state index in [2.05, 4.69) is 38.2 Å². The highest BCUT2D eigenvalue weighted by atomic mass is 16.1. The number of carbonyl (C=O) groups is 1. The van der Waals surface area contributed by atoms with Gasteiger partial charge in [0.1, 0.15) is 6.42 Å². The van der Waals surface area contributed by atoms with Crippen LogP contribution in [0.3, 0.4) is 0 Å². The number of nitrogens with zero attached hydrogens (tertiary/aromatic N) is 1. The average molecular weight is 230 g/mol. The van der Waals surface area contributed by atoms with Gasteiger partial charge in [-0.1, -0.05) is 45.0 Å². The van der Waals surface area contributed by atoms with Crippen molar-refractivity contribution in [1.82, 2.24) is 5.32 Å². The topological polar surface area (TPSA) is 52.9 Å². The van der Waals surface area contributed by atoms with Crippen molar-refractivity contribution < 1.29 is 4.79 Å². The number of carbonyl (C=O) groups excluding carboxylic acids is 1. The van der Waals surface area contributed by atoms with Gasteiger partial charge in [0, 0.05) is 6.54 Å². The zero-order chi connectivity index (χ0) is 12.9. The second-order valence-corrected chi connectivity index (χ2v) is 5.06. The van der Waals surface area contributed by atoms with Crippen LogP contribution in [-0.4, -0.2) is 5.91 Å². The lowest BCUT2D eigenvalue weighted by Crippen LogP contribution is -2.21. The lowest BCUT2D eigenvalue weighted by molar-refractivity contribution is -0.120. The molecule has 0 unspecified atom stereocenters. The quantitative estimate of drug-likeness (QED) is 0.867. The summed E-state index contributed by atoms with van der Waals surface area (Å²) in [6.45, 7) is 6.97. The van der Waals surface area contributed by atoms with Crippen LogP contribution in [0, 0.1) is 11.3 Å². The van der Waals surface area contributed by atoms with Crippen molar-refractivity contribution in [3.05, 3.63) is 35.4 Å². The minimum atomic E-state index is -0.229. The number of nitriles is 1. The van der Waals surface area contributed by atoms with E-state index in [0.717, 1.165) is 5.56 Å². The van der Waals surface area contributed by atoms with Crippen LogP contribution in [0.4, 0.5) is 0 Å². The molecule has 0 bridgehead atoms. The average Bonchev–Trinajstić information content (AvgIpc) is 2.26. The maximum atomic E-state index is 11.1. The van der Waals surface area contributed by atoms with Crippen molar-refractivity contribution in [2.24, 2.45) is 0 Å². The first-order chi connectivity index (χ1) is 7.93. The first kappa shape index (κ1) is 13.2. The minimum Gasteiger partial charge on any atom is -0.351 e. The molecule has 3 heteroatoms. The van der Waals surface area contributed by atoms with E-state index < -0.39 is 0 Å². The fourth-order valence-corrected chi connectivity index (χ4v) is 1.46. The first-order valence-electron chi connectivity index (χ1n) is 5.66.